The molecule has 0 bridgehead atoms. The van der Waals surface area contributed by atoms with Gasteiger partial charge in [0.25, 0.3) is 5.91 Å². The SMILES string of the molecule is CCC(C)(C)c1ccc(C(=O)NCCF)nc1. The Kier molecular flexibility index (Phi) is 4.61. The number of rotatable bonds is 5. The van der Waals surface area contributed by atoms with E-state index in [1.807, 2.05) is 6.07 Å². The van der Waals surface area contributed by atoms with Crippen LogP contribution in [0.15, 0.2) is 18.3 Å². The quantitative estimate of drug-likeness (QED) is 0.856. The minimum Gasteiger partial charge on any atom is -0.348 e. The van der Waals surface area contributed by atoms with E-state index >= 15 is 0 Å². The number of carbonyl (C=O) groups is 1. The van der Waals surface area contributed by atoms with Gasteiger partial charge in [-0.3, -0.25) is 9.78 Å². The van der Waals surface area contributed by atoms with Crippen molar-refractivity contribution < 1.29 is 9.18 Å². The predicted octanol–water partition coefficient (Wildman–Crippen LogP) is 2.47. The molecule has 0 saturated carbocycles. The Labute approximate surface area is 101 Å². The molecule has 0 atom stereocenters. The number of hydrogen-bond donors (Lipinski definition) is 1. The van der Waals surface area contributed by atoms with Crippen molar-refractivity contribution >= 4 is 5.91 Å². The van der Waals surface area contributed by atoms with Gasteiger partial charge in [-0.2, -0.15) is 0 Å². The van der Waals surface area contributed by atoms with Gasteiger partial charge < -0.3 is 5.32 Å². The standard InChI is InChI=1S/C13H19FN2O/c1-4-13(2,3)10-5-6-11(16-9-10)12(17)15-8-7-14/h5-6,9H,4,7-8H2,1-3H3,(H,15,17). The van der Waals surface area contributed by atoms with E-state index < -0.39 is 6.67 Å². The zero-order valence-corrected chi connectivity index (χ0v) is 10.6. The summed E-state index contributed by atoms with van der Waals surface area (Å²) >= 11 is 0. The number of nitrogens with one attached hydrogen (secondary N) is 1. The summed E-state index contributed by atoms with van der Waals surface area (Å²) in [6.45, 7) is 5.84. The predicted molar refractivity (Wildman–Crippen MR) is 65.9 cm³/mol. The molecule has 17 heavy (non-hydrogen) atoms. The Bertz CT molecular complexity index is 374. The van der Waals surface area contributed by atoms with Crippen LogP contribution in [0.1, 0.15) is 43.2 Å². The third-order valence-electron chi connectivity index (χ3n) is 3.04. The number of carbonyl (C=O) groups excluding carboxylic acids is 1. The lowest BCUT2D eigenvalue weighted by molar-refractivity contribution is 0.0946. The van der Waals surface area contributed by atoms with Crippen LogP contribution in [-0.4, -0.2) is 24.1 Å². The van der Waals surface area contributed by atoms with Gasteiger partial charge in [0.2, 0.25) is 0 Å². The molecule has 4 heteroatoms. The lowest BCUT2D eigenvalue weighted by Gasteiger charge is -2.22. The molecule has 1 aromatic heterocycles. The Morgan fingerprint density at radius 3 is 2.65 bits per heavy atom. The smallest absolute Gasteiger partial charge is 0.269 e. The van der Waals surface area contributed by atoms with Crippen LogP contribution in [0.4, 0.5) is 4.39 Å². The van der Waals surface area contributed by atoms with Crippen LogP contribution in [0, 0.1) is 0 Å². The molecule has 3 nitrogen and oxygen atoms in total. The molecule has 94 valence electrons. The number of nitrogens with zero attached hydrogens (tertiary/aromatic N) is 1. The van der Waals surface area contributed by atoms with Crippen LogP contribution < -0.4 is 5.32 Å². The van der Waals surface area contributed by atoms with Crippen molar-refractivity contribution in [2.75, 3.05) is 13.2 Å². The fraction of sp³-hybridized carbons (Fsp3) is 0.538. The normalized spacial score (nSPS) is 11.3. The molecule has 0 radical (unpaired) electrons. The molecule has 0 aliphatic rings. The lowest BCUT2D eigenvalue weighted by atomic mass is 9.83. The monoisotopic (exact) mass is 238 g/mol. The highest BCUT2D eigenvalue weighted by molar-refractivity contribution is 5.92. The van der Waals surface area contributed by atoms with Crippen LogP contribution in [0.3, 0.4) is 0 Å². The summed E-state index contributed by atoms with van der Waals surface area (Å²) in [5.74, 6) is -0.330. The molecule has 0 unspecified atom stereocenters. The second kappa shape index (κ2) is 5.75. The van der Waals surface area contributed by atoms with Gasteiger partial charge in [-0.1, -0.05) is 26.8 Å². The maximum atomic E-state index is 11.9. The second-order valence-electron chi connectivity index (χ2n) is 4.61. The Hall–Kier alpha value is -1.45. The number of aromatic nitrogens is 1. The second-order valence-corrected chi connectivity index (χ2v) is 4.61. The summed E-state index contributed by atoms with van der Waals surface area (Å²) in [5, 5.41) is 2.44. The van der Waals surface area contributed by atoms with E-state index in [9.17, 15) is 9.18 Å². The average molecular weight is 238 g/mol. The molecule has 1 aromatic rings. The van der Waals surface area contributed by atoms with Gasteiger partial charge in [0.15, 0.2) is 0 Å². The molecule has 0 aliphatic heterocycles. The fourth-order valence-corrected chi connectivity index (χ4v) is 1.38. The van der Waals surface area contributed by atoms with Crippen LogP contribution in [-0.2, 0) is 5.41 Å². The van der Waals surface area contributed by atoms with E-state index in [2.05, 4.69) is 31.1 Å². The van der Waals surface area contributed by atoms with Crippen molar-refractivity contribution in [2.24, 2.45) is 0 Å². The molecule has 1 amide bonds. The average Bonchev–Trinajstić information content (AvgIpc) is 2.36. The third-order valence-corrected chi connectivity index (χ3v) is 3.04. The Morgan fingerprint density at radius 1 is 1.47 bits per heavy atom. The van der Waals surface area contributed by atoms with Crippen molar-refractivity contribution in [1.29, 1.82) is 0 Å². The van der Waals surface area contributed by atoms with E-state index in [1.165, 1.54) is 0 Å². The fourth-order valence-electron chi connectivity index (χ4n) is 1.38. The zero-order valence-electron chi connectivity index (χ0n) is 10.6. The first-order valence-corrected chi connectivity index (χ1v) is 5.82. The molecular formula is C13H19FN2O. The van der Waals surface area contributed by atoms with Crippen molar-refractivity contribution in [2.45, 2.75) is 32.6 Å². The van der Waals surface area contributed by atoms with E-state index in [-0.39, 0.29) is 17.9 Å². The van der Waals surface area contributed by atoms with E-state index in [4.69, 9.17) is 0 Å². The molecular weight excluding hydrogens is 219 g/mol. The largest absolute Gasteiger partial charge is 0.348 e. The van der Waals surface area contributed by atoms with Gasteiger partial charge in [-0.05, 0) is 23.5 Å². The molecule has 1 heterocycles. The summed E-state index contributed by atoms with van der Waals surface area (Å²) in [6.07, 6.45) is 2.72. The molecule has 0 fully saturated rings. The van der Waals surface area contributed by atoms with Gasteiger partial charge in [0.1, 0.15) is 12.4 Å². The van der Waals surface area contributed by atoms with Crippen molar-refractivity contribution in [3.8, 4) is 0 Å². The number of amides is 1. The summed E-state index contributed by atoms with van der Waals surface area (Å²) in [7, 11) is 0. The summed E-state index contributed by atoms with van der Waals surface area (Å²) < 4.78 is 11.9. The van der Waals surface area contributed by atoms with Crippen LogP contribution in [0.25, 0.3) is 0 Å². The summed E-state index contributed by atoms with van der Waals surface area (Å²) in [4.78, 5) is 15.6. The van der Waals surface area contributed by atoms with Crippen LogP contribution >= 0.6 is 0 Å². The Morgan fingerprint density at radius 2 is 2.18 bits per heavy atom. The molecule has 0 saturated heterocycles. The maximum absolute atomic E-state index is 11.9. The van der Waals surface area contributed by atoms with Crippen LogP contribution in [0.5, 0.6) is 0 Å². The van der Waals surface area contributed by atoms with Gasteiger partial charge in [0, 0.05) is 12.7 Å². The van der Waals surface area contributed by atoms with Gasteiger partial charge in [-0.25, -0.2) is 4.39 Å². The highest BCUT2D eigenvalue weighted by Crippen LogP contribution is 2.25. The summed E-state index contributed by atoms with van der Waals surface area (Å²) in [5.41, 5.74) is 1.48. The van der Waals surface area contributed by atoms with Crippen molar-refractivity contribution in [1.82, 2.24) is 10.3 Å². The highest BCUT2D eigenvalue weighted by Gasteiger charge is 2.18. The zero-order chi connectivity index (χ0) is 12.9. The first-order valence-electron chi connectivity index (χ1n) is 5.82. The molecule has 0 aromatic carbocycles. The topological polar surface area (TPSA) is 42.0 Å². The third kappa shape index (κ3) is 3.51. The van der Waals surface area contributed by atoms with E-state index in [0.717, 1.165) is 12.0 Å². The van der Waals surface area contributed by atoms with Gasteiger partial charge >= 0.3 is 0 Å². The molecule has 1 rings (SSSR count). The minimum absolute atomic E-state index is 0.0305. The summed E-state index contributed by atoms with van der Waals surface area (Å²) in [6, 6.07) is 3.58. The van der Waals surface area contributed by atoms with Crippen LogP contribution in [0.2, 0.25) is 0 Å². The van der Waals surface area contributed by atoms with E-state index in [0.29, 0.717) is 5.69 Å². The number of halogens is 1. The van der Waals surface area contributed by atoms with Gasteiger partial charge in [0.05, 0.1) is 0 Å². The van der Waals surface area contributed by atoms with E-state index in [1.54, 1.807) is 12.3 Å². The molecule has 0 spiro atoms. The first-order chi connectivity index (χ1) is 8.01. The number of pyridine rings is 1. The minimum atomic E-state index is -0.563. The first kappa shape index (κ1) is 13.6. The maximum Gasteiger partial charge on any atom is 0.269 e. The van der Waals surface area contributed by atoms with Crippen molar-refractivity contribution in [3.63, 3.8) is 0 Å². The molecule has 0 aliphatic carbocycles. The number of hydrogen-bond acceptors (Lipinski definition) is 2. The van der Waals surface area contributed by atoms with Crippen molar-refractivity contribution in [3.05, 3.63) is 29.6 Å². The molecule has 1 N–H and O–H groups in total. The number of alkyl halides is 1. The lowest BCUT2D eigenvalue weighted by Crippen LogP contribution is -2.26. The Balaban J connectivity index is 2.78. The highest BCUT2D eigenvalue weighted by atomic mass is 19.1. The van der Waals surface area contributed by atoms with Gasteiger partial charge in [-0.15, -0.1) is 0 Å².